The molecule has 0 amide bonds. The maximum atomic E-state index is 11.9. The number of carbonyl (C=O) groups is 1. The van der Waals surface area contributed by atoms with Crippen LogP contribution in [0.15, 0.2) is 48.8 Å². The first-order valence-electron chi connectivity index (χ1n) is 5.68. The zero-order valence-electron chi connectivity index (χ0n) is 10.3. The lowest BCUT2D eigenvalue weighted by Crippen LogP contribution is -1.97. The summed E-state index contributed by atoms with van der Waals surface area (Å²) in [4.78, 5) is 25.8. The van der Waals surface area contributed by atoms with Crippen LogP contribution in [0.1, 0.15) is 15.9 Å². The Labute approximate surface area is 114 Å². The SMILES string of the molecule is O=C(/C=C/c1ccncc1)c1cc([N+](=O)[O-])ccc1O. The van der Waals surface area contributed by atoms with Gasteiger partial charge in [-0.1, -0.05) is 6.08 Å². The molecule has 0 saturated heterocycles. The molecule has 0 fully saturated rings. The number of rotatable bonds is 4. The van der Waals surface area contributed by atoms with Gasteiger partial charge in [0.05, 0.1) is 10.5 Å². The van der Waals surface area contributed by atoms with Crippen molar-refractivity contribution in [3.05, 3.63) is 70.0 Å². The highest BCUT2D eigenvalue weighted by atomic mass is 16.6. The summed E-state index contributed by atoms with van der Waals surface area (Å²) in [6.07, 6.45) is 5.94. The molecule has 1 heterocycles. The van der Waals surface area contributed by atoms with Crippen LogP contribution in [0, 0.1) is 10.1 Å². The zero-order valence-corrected chi connectivity index (χ0v) is 10.3. The molecule has 2 rings (SSSR count). The molecule has 0 atom stereocenters. The van der Waals surface area contributed by atoms with E-state index in [1.165, 1.54) is 6.08 Å². The highest BCUT2D eigenvalue weighted by Gasteiger charge is 2.14. The Morgan fingerprint density at radius 3 is 2.60 bits per heavy atom. The van der Waals surface area contributed by atoms with Crippen molar-refractivity contribution in [1.29, 1.82) is 0 Å². The second-order valence-electron chi connectivity index (χ2n) is 3.94. The Hall–Kier alpha value is -3.02. The van der Waals surface area contributed by atoms with Crippen molar-refractivity contribution in [2.24, 2.45) is 0 Å². The lowest BCUT2D eigenvalue weighted by molar-refractivity contribution is -0.384. The summed E-state index contributed by atoms with van der Waals surface area (Å²) in [6.45, 7) is 0. The number of ketones is 1. The van der Waals surface area contributed by atoms with Crippen LogP contribution in [0.4, 0.5) is 5.69 Å². The predicted molar refractivity (Wildman–Crippen MR) is 72.4 cm³/mol. The third-order valence-corrected chi connectivity index (χ3v) is 2.59. The van der Waals surface area contributed by atoms with Crippen molar-refractivity contribution in [1.82, 2.24) is 4.98 Å². The summed E-state index contributed by atoms with van der Waals surface area (Å²) in [5.41, 5.74) is 0.409. The fraction of sp³-hybridized carbons (Fsp3) is 0. The summed E-state index contributed by atoms with van der Waals surface area (Å²) in [6, 6.07) is 6.73. The van der Waals surface area contributed by atoms with E-state index in [-0.39, 0.29) is 17.0 Å². The minimum atomic E-state index is -0.622. The van der Waals surface area contributed by atoms with Gasteiger partial charge in [-0.15, -0.1) is 0 Å². The van der Waals surface area contributed by atoms with Gasteiger partial charge >= 0.3 is 0 Å². The minimum Gasteiger partial charge on any atom is -0.507 e. The van der Waals surface area contributed by atoms with Gasteiger partial charge in [-0.2, -0.15) is 0 Å². The van der Waals surface area contributed by atoms with Crippen LogP contribution in [0.5, 0.6) is 5.75 Å². The van der Waals surface area contributed by atoms with Crippen molar-refractivity contribution in [3.8, 4) is 5.75 Å². The second kappa shape index (κ2) is 5.75. The van der Waals surface area contributed by atoms with Crippen LogP contribution in [-0.4, -0.2) is 20.8 Å². The van der Waals surface area contributed by atoms with E-state index < -0.39 is 10.7 Å². The van der Waals surface area contributed by atoms with Gasteiger partial charge in [-0.25, -0.2) is 0 Å². The van der Waals surface area contributed by atoms with Crippen molar-refractivity contribution in [2.45, 2.75) is 0 Å². The number of phenolic OH excluding ortho intramolecular Hbond substituents is 1. The van der Waals surface area contributed by atoms with E-state index in [0.717, 1.165) is 23.8 Å². The van der Waals surface area contributed by atoms with E-state index in [0.29, 0.717) is 0 Å². The van der Waals surface area contributed by atoms with Crippen molar-refractivity contribution >= 4 is 17.5 Å². The Balaban J connectivity index is 2.27. The number of nitrogens with zero attached hydrogens (tertiary/aromatic N) is 2. The van der Waals surface area contributed by atoms with E-state index >= 15 is 0 Å². The number of nitro benzene ring substituents is 1. The highest BCUT2D eigenvalue weighted by Crippen LogP contribution is 2.23. The lowest BCUT2D eigenvalue weighted by Gasteiger charge is -2.00. The molecule has 0 radical (unpaired) electrons. The molecule has 0 saturated carbocycles. The smallest absolute Gasteiger partial charge is 0.270 e. The molecule has 6 heteroatoms. The molecule has 1 aromatic carbocycles. The number of pyridine rings is 1. The normalized spacial score (nSPS) is 10.6. The van der Waals surface area contributed by atoms with Gasteiger partial charge in [-0.3, -0.25) is 19.9 Å². The molecule has 0 aliphatic rings. The summed E-state index contributed by atoms with van der Waals surface area (Å²) in [5, 5.41) is 20.3. The van der Waals surface area contributed by atoms with Crippen molar-refractivity contribution < 1.29 is 14.8 Å². The molecule has 0 unspecified atom stereocenters. The van der Waals surface area contributed by atoms with Gasteiger partial charge in [0.25, 0.3) is 5.69 Å². The monoisotopic (exact) mass is 270 g/mol. The molecule has 0 aliphatic carbocycles. The number of non-ortho nitro benzene ring substituents is 1. The molecule has 0 aliphatic heterocycles. The first-order valence-corrected chi connectivity index (χ1v) is 5.68. The molecule has 0 bridgehead atoms. The summed E-state index contributed by atoms with van der Waals surface area (Å²) < 4.78 is 0. The predicted octanol–water partition coefficient (Wildman–Crippen LogP) is 2.59. The molecule has 100 valence electrons. The number of allylic oxidation sites excluding steroid dienone is 1. The van der Waals surface area contributed by atoms with E-state index in [1.54, 1.807) is 30.6 Å². The van der Waals surface area contributed by atoms with Gasteiger partial charge in [0.2, 0.25) is 0 Å². The fourth-order valence-electron chi connectivity index (χ4n) is 1.57. The van der Waals surface area contributed by atoms with Gasteiger partial charge in [0.1, 0.15) is 5.75 Å². The third-order valence-electron chi connectivity index (χ3n) is 2.59. The average molecular weight is 270 g/mol. The quantitative estimate of drug-likeness (QED) is 0.399. The van der Waals surface area contributed by atoms with Crippen molar-refractivity contribution in [2.75, 3.05) is 0 Å². The highest BCUT2D eigenvalue weighted by molar-refractivity contribution is 6.08. The van der Waals surface area contributed by atoms with Crippen LogP contribution < -0.4 is 0 Å². The molecule has 1 aromatic heterocycles. The molecular formula is C14H10N2O4. The first kappa shape index (κ1) is 13.4. The Morgan fingerprint density at radius 1 is 1.25 bits per heavy atom. The Kier molecular flexibility index (Phi) is 3.85. The maximum absolute atomic E-state index is 11.9. The number of aromatic hydroxyl groups is 1. The zero-order chi connectivity index (χ0) is 14.5. The molecule has 6 nitrogen and oxygen atoms in total. The van der Waals surface area contributed by atoms with Gasteiger partial charge in [-0.05, 0) is 29.8 Å². The van der Waals surface area contributed by atoms with E-state index in [1.807, 2.05) is 0 Å². The number of carbonyl (C=O) groups excluding carboxylic acids is 1. The van der Waals surface area contributed by atoms with Gasteiger partial charge in [0, 0.05) is 24.5 Å². The third kappa shape index (κ3) is 3.05. The number of aromatic nitrogens is 1. The van der Waals surface area contributed by atoms with Crippen LogP contribution in [0.2, 0.25) is 0 Å². The summed E-state index contributed by atoms with van der Waals surface area (Å²) in [7, 11) is 0. The van der Waals surface area contributed by atoms with Gasteiger partial charge in [0.15, 0.2) is 5.78 Å². The minimum absolute atomic E-state index is 0.107. The second-order valence-corrected chi connectivity index (χ2v) is 3.94. The molecule has 0 spiro atoms. The van der Waals surface area contributed by atoms with E-state index in [9.17, 15) is 20.0 Å². The molecular weight excluding hydrogens is 260 g/mol. The van der Waals surface area contributed by atoms with E-state index in [2.05, 4.69) is 4.98 Å². The van der Waals surface area contributed by atoms with Crippen molar-refractivity contribution in [3.63, 3.8) is 0 Å². The maximum Gasteiger partial charge on any atom is 0.270 e. The number of nitro groups is 1. The Morgan fingerprint density at radius 2 is 1.95 bits per heavy atom. The van der Waals surface area contributed by atoms with Crippen LogP contribution in [0.3, 0.4) is 0 Å². The topological polar surface area (TPSA) is 93.3 Å². The van der Waals surface area contributed by atoms with E-state index in [4.69, 9.17) is 0 Å². The first-order chi connectivity index (χ1) is 9.58. The van der Waals surface area contributed by atoms with Crippen LogP contribution in [-0.2, 0) is 0 Å². The number of hydrogen-bond acceptors (Lipinski definition) is 5. The Bertz CT molecular complexity index is 681. The largest absolute Gasteiger partial charge is 0.507 e. The van der Waals surface area contributed by atoms with Gasteiger partial charge < -0.3 is 5.11 Å². The number of hydrogen-bond donors (Lipinski definition) is 1. The number of phenols is 1. The average Bonchev–Trinajstić information content (AvgIpc) is 2.46. The summed E-state index contributed by atoms with van der Waals surface area (Å²) >= 11 is 0. The fourth-order valence-corrected chi connectivity index (χ4v) is 1.57. The molecule has 20 heavy (non-hydrogen) atoms. The van der Waals surface area contributed by atoms with Crippen LogP contribution >= 0.6 is 0 Å². The molecule has 2 aromatic rings. The standard InChI is InChI=1S/C14H10N2O4/c17-13(3-1-10-5-7-15-8-6-10)12-9-11(16(19)20)2-4-14(12)18/h1-9,18H/b3-1+. The lowest BCUT2D eigenvalue weighted by atomic mass is 10.1. The van der Waals surface area contributed by atoms with Crippen LogP contribution in [0.25, 0.3) is 6.08 Å². The molecule has 1 N–H and O–H groups in total. The number of benzene rings is 1. The summed E-state index contributed by atoms with van der Waals surface area (Å²) in [5.74, 6) is -0.803.